The second-order valence-electron chi connectivity index (χ2n) is 6.08. The van der Waals surface area contributed by atoms with E-state index in [-0.39, 0.29) is 5.91 Å². The predicted molar refractivity (Wildman–Crippen MR) is 110 cm³/mol. The van der Waals surface area contributed by atoms with Gasteiger partial charge in [0.15, 0.2) is 0 Å². The monoisotopic (exact) mass is 429 g/mol. The van der Waals surface area contributed by atoms with E-state index >= 15 is 0 Å². The van der Waals surface area contributed by atoms with Crippen molar-refractivity contribution < 1.29 is 4.79 Å². The number of nitrogens with zero attached hydrogens (tertiary/aromatic N) is 3. The Morgan fingerprint density at radius 1 is 1.23 bits per heavy atom. The smallest absolute Gasteiger partial charge is 0.232 e. The Morgan fingerprint density at radius 2 is 2.00 bits per heavy atom. The third-order valence-corrected chi connectivity index (χ3v) is 5.64. The summed E-state index contributed by atoms with van der Waals surface area (Å²) in [6.45, 7) is 2.60. The molecule has 0 radical (unpaired) electrons. The fraction of sp³-hybridized carbons (Fsp3) is 0.200. The van der Waals surface area contributed by atoms with Gasteiger partial charge in [-0.25, -0.2) is 4.68 Å². The maximum Gasteiger partial charge on any atom is 0.232 e. The van der Waals surface area contributed by atoms with Crippen LogP contribution in [0, 0.1) is 6.92 Å². The van der Waals surface area contributed by atoms with Crippen LogP contribution >= 0.6 is 27.7 Å². The van der Waals surface area contributed by atoms with Gasteiger partial charge >= 0.3 is 0 Å². The zero-order valence-corrected chi connectivity index (χ0v) is 17.1. The third-order valence-electron chi connectivity index (χ3n) is 3.99. The van der Waals surface area contributed by atoms with Crippen LogP contribution in [0.3, 0.4) is 0 Å². The normalized spacial score (nSPS) is 10.7. The van der Waals surface area contributed by atoms with E-state index < -0.39 is 0 Å². The average molecular weight is 430 g/mol. The number of halogens is 1. The van der Waals surface area contributed by atoms with Crippen molar-refractivity contribution in [2.75, 3.05) is 12.8 Å². The lowest BCUT2D eigenvalue weighted by Gasteiger charge is -2.16. The Bertz CT molecular complexity index is 895. The number of carbonyl (C=O) groups is 1. The average Bonchev–Trinajstić information content (AvgIpc) is 3.10. The maximum absolute atomic E-state index is 12.4. The Balaban J connectivity index is 1.57. The highest BCUT2D eigenvalue weighted by Crippen LogP contribution is 2.25. The minimum Gasteiger partial charge on any atom is -0.341 e. The summed E-state index contributed by atoms with van der Waals surface area (Å²) in [6, 6.07) is 16.1. The molecule has 0 saturated heterocycles. The molecule has 0 bridgehead atoms. The first kappa shape index (κ1) is 18.7. The van der Waals surface area contributed by atoms with Crippen molar-refractivity contribution in [3.8, 4) is 5.69 Å². The van der Waals surface area contributed by atoms with Gasteiger partial charge in [0.25, 0.3) is 0 Å². The molecule has 0 saturated carbocycles. The number of aromatic nitrogens is 2. The van der Waals surface area contributed by atoms with Gasteiger partial charge in [-0.1, -0.05) is 34.1 Å². The van der Waals surface area contributed by atoms with Gasteiger partial charge in [0.05, 0.1) is 17.6 Å². The molecule has 134 valence electrons. The Labute approximate surface area is 166 Å². The van der Waals surface area contributed by atoms with Gasteiger partial charge in [-0.05, 0) is 42.8 Å². The standard InChI is InChI=1S/C20H20BrN3OS/c1-15-10-17(21)8-9-19(15)26-14-20(25)23(2)12-16-11-22-24(13-16)18-6-4-3-5-7-18/h3-11,13H,12,14H2,1-2H3. The summed E-state index contributed by atoms with van der Waals surface area (Å²) in [5.41, 5.74) is 3.19. The minimum atomic E-state index is 0.102. The molecule has 3 rings (SSSR count). The van der Waals surface area contributed by atoms with Gasteiger partial charge in [-0.15, -0.1) is 11.8 Å². The summed E-state index contributed by atoms with van der Waals surface area (Å²) >= 11 is 5.04. The Kier molecular flexibility index (Phi) is 6.16. The van der Waals surface area contributed by atoms with Crippen LogP contribution < -0.4 is 0 Å². The van der Waals surface area contributed by atoms with Crippen LogP contribution in [-0.2, 0) is 11.3 Å². The van der Waals surface area contributed by atoms with E-state index in [1.165, 1.54) is 5.56 Å². The first-order valence-corrected chi connectivity index (χ1v) is 10.0. The first-order chi connectivity index (χ1) is 12.5. The minimum absolute atomic E-state index is 0.102. The van der Waals surface area contributed by atoms with E-state index in [0.29, 0.717) is 12.3 Å². The van der Waals surface area contributed by atoms with Crippen molar-refractivity contribution in [2.24, 2.45) is 0 Å². The van der Waals surface area contributed by atoms with Crippen molar-refractivity contribution in [3.63, 3.8) is 0 Å². The molecular weight excluding hydrogens is 410 g/mol. The lowest BCUT2D eigenvalue weighted by atomic mass is 10.2. The van der Waals surface area contributed by atoms with Crippen molar-refractivity contribution >= 4 is 33.6 Å². The fourth-order valence-electron chi connectivity index (χ4n) is 2.55. The molecule has 26 heavy (non-hydrogen) atoms. The number of hydrogen-bond donors (Lipinski definition) is 0. The van der Waals surface area contributed by atoms with Gasteiger partial charge in [0, 0.05) is 34.7 Å². The topological polar surface area (TPSA) is 38.1 Å². The first-order valence-electron chi connectivity index (χ1n) is 8.25. The molecule has 0 atom stereocenters. The SMILES string of the molecule is Cc1cc(Br)ccc1SCC(=O)N(C)Cc1cnn(-c2ccccc2)c1. The van der Waals surface area contributed by atoms with Crippen LogP contribution in [0.25, 0.3) is 5.69 Å². The van der Waals surface area contributed by atoms with Gasteiger partial charge in [0.2, 0.25) is 5.91 Å². The molecule has 0 aliphatic heterocycles. The summed E-state index contributed by atoms with van der Waals surface area (Å²) in [5, 5.41) is 4.38. The van der Waals surface area contributed by atoms with Crippen molar-refractivity contribution in [1.29, 1.82) is 0 Å². The largest absolute Gasteiger partial charge is 0.341 e. The van der Waals surface area contributed by atoms with Gasteiger partial charge in [0.1, 0.15) is 0 Å². The zero-order valence-electron chi connectivity index (χ0n) is 14.7. The lowest BCUT2D eigenvalue weighted by molar-refractivity contribution is -0.127. The summed E-state index contributed by atoms with van der Waals surface area (Å²) in [5.74, 6) is 0.524. The van der Waals surface area contributed by atoms with Crippen LogP contribution in [-0.4, -0.2) is 33.4 Å². The van der Waals surface area contributed by atoms with E-state index in [0.717, 1.165) is 20.6 Å². The van der Waals surface area contributed by atoms with Crippen molar-refractivity contribution in [3.05, 3.63) is 76.5 Å². The van der Waals surface area contributed by atoms with Crippen LogP contribution in [0.4, 0.5) is 0 Å². The Morgan fingerprint density at radius 3 is 2.73 bits per heavy atom. The van der Waals surface area contributed by atoms with Crippen molar-refractivity contribution in [2.45, 2.75) is 18.4 Å². The van der Waals surface area contributed by atoms with Crippen LogP contribution in [0.2, 0.25) is 0 Å². The highest BCUT2D eigenvalue weighted by atomic mass is 79.9. The molecule has 1 aromatic heterocycles. The Hall–Kier alpha value is -2.05. The molecule has 0 unspecified atom stereocenters. The molecule has 0 spiro atoms. The van der Waals surface area contributed by atoms with Gasteiger partial charge in [-0.3, -0.25) is 4.79 Å². The quantitative estimate of drug-likeness (QED) is 0.533. The summed E-state index contributed by atoms with van der Waals surface area (Å²) in [4.78, 5) is 15.3. The number of aryl methyl sites for hydroxylation is 1. The van der Waals surface area contributed by atoms with Gasteiger partial charge < -0.3 is 4.90 Å². The number of thioether (sulfide) groups is 1. The summed E-state index contributed by atoms with van der Waals surface area (Å²) in [7, 11) is 1.83. The zero-order chi connectivity index (χ0) is 18.5. The van der Waals surface area contributed by atoms with E-state index in [9.17, 15) is 4.79 Å². The van der Waals surface area contributed by atoms with Gasteiger partial charge in [-0.2, -0.15) is 5.10 Å². The maximum atomic E-state index is 12.4. The lowest BCUT2D eigenvalue weighted by Crippen LogP contribution is -2.27. The van der Waals surface area contributed by atoms with E-state index in [4.69, 9.17) is 0 Å². The molecule has 4 nitrogen and oxygen atoms in total. The van der Waals surface area contributed by atoms with Crippen LogP contribution in [0.15, 0.2) is 70.3 Å². The van der Waals surface area contributed by atoms with Crippen molar-refractivity contribution in [1.82, 2.24) is 14.7 Å². The molecule has 3 aromatic rings. The number of amides is 1. The highest BCUT2D eigenvalue weighted by Gasteiger charge is 2.12. The number of carbonyl (C=O) groups excluding carboxylic acids is 1. The van der Waals surface area contributed by atoms with E-state index in [1.54, 1.807) is 16.7 Å². The number of rotatable bonds is 6. The molecule has 0 aliphatic carbocycles. The summed E-state index contributed by atoms with van der Waals surface area (Å²) in [6.07, 6.45) is 3.77. The molecular formula is C20H20BrN3OS. The number of para-hydroxylation sites is 1. The predicted octanol–water partition coefficient (Wildman–Crippen LogP) is 4.69. The molecule has 1 amide bonds. The second-order valence-corrected chi connectivity index (χ2v) is 8.01. The third kappa shape index (κ3) is 4.77. The summed E-state index contributed by atoms with van der Waals surface area (Å²) < 4.78 is 2.88. The van der Waals surface area contributed by atoms with E-state index in [1.807, 2.05) is 66.6 Å². The second kappa shape index (κ2) is 8.56. The molecule has 0 aliphatic rings. The van der Waals surface area contributed by atoms with E-state index in [2.05, 4.69) is 34.0 Å². The molecule has 0 fully saturated rings. The fourth-order valence-corrected chi connectivity index (χ4v) is 3.98. The highest BCUT2D eigenvalue weighted by molar-refractivity contribution is 9.10. The molecule has 6 heteroatoms. The van der Waals surface area contributed by atoms with Crippen LogP contribution in [0.5, 0.6) is 0 Å². The molecule has 1 heterocycles. The molecule has 0 N–H and O–H groups in total. The number of benzene rings is 2. The van der Waals surface area contributed by atoms with Crippen LogP contribution in [0.1, 0.15) is 11.1 Å². The molecule has 2 aromatic carbocycles. The number of hydrogen-bond acceptors (Lipinski definition) is 3.